The first-order chi connectivity index (χ1) is 20.1. The predicted octanol–water partition coefficient (Wildman–Crippen LogP) is 6.58. The summed E-state index contributed by atoms with van der Waals surface area (Å²) >= 11 is 6.50. The van der Waals surface area contributed by atoms with Crippen LogP contribution in [0.2, 0.25) is 5.02 Å². The zero-order chi connectivity index (χ0) is 29.9. The van der Waals surface area contributed by atoms with Gasteiger partial charge in [-0.25, -0.2) is 9.97 Å². The Morgan fingerprint density at radius 1 is 1.00 bits per heavy atom. The molecule has 2 aromatic heterocycles. The molecule has 0 spiro atoms. The highest BCUT2D eigenvalue weighted by molar-refractivity contribution is 6.31. The van der Waals surface area contributed by atoms with Crippen LogP contribution in [0, 0.1) is 0 Å². The van der Waals surface area contributed by atoms with E-state index in [-0.39, 0.29) is 24.2 Å². The van der Waals surface area contributed by atoms with E-state index in [2.05, 4.69) is 38.9 Å². The molecule has 1 aliphatic rings. The summed E-state index contributed by atoms with van der Waals surface area (Å²) in [4.78, 5) is 26.0. The Morgan fingerprint density at radius 3 is 2.43 bits per heavy atom. The van der Waals surface area contributed by atoms with Gasteiger partial charge >= 0.3 is 6.18 Å². The van der Waals surface area contributed by atoms with Crippen molar-refractivity contribution >= 4 is 34.4 Å². The largest absolute Gasteiger partial charge is 0.416 e. The summed E-state index contributed by atoms with van der Waals surface area (Å²) in [6.07, 6.45) is 0.505. The van der Waals surface area contributed by atoms with Gasteiger partial charge in [0.15, 0.2) is 5.65 Å². The molecule has 7 nitrogen and oxygen atoms in total. The number of aromatic nitrogens is 3. The number of benzene rings is 2. The Labute approximate surface area is 248 Å². The van der Waals surface area contributed by atoms with Gasteiger partial charge < -0.3 is 10.2 Å². The molecule has 0 atom stereocenters. The van der Waals surface area contributed by atoms with Gasteiger partial charge in [-0.15, -0.1) is 0 Å². The first-order valence-electron chi connectivity index (χ1n) is 14.1. The van der Waals surface area contributed by atoms with E-state index in [1.54, 1.807) is 41.4 Å². The number of alkyl halides is 3. The molecule has 0 unspecified atom stereocenters. The fourth-order valence-electron chi connectivity index (χ4n) is 5.44. The van der Waals surface area contributed by atoms with Gasteiger partial charge in [-0.1, -0.05) is 23.7 Å². The molecule has 1 N–H and O–H groups in total. The molecule has 1 saturated heterocycles. The molecule has 3 heterocycles. The average molecular weight is 599 g/mol. The highest BCUT2D eigenvalue weighted by Gasteiger charge is 2.34. The van der Waals surface area contributed by atoms with E-state index in [9.17, 15) is 18.0 Å². The number of carbonyl (C=O) groups excluding carboxylic acids is 1. The Bertz CT molecular complexity index is 1540. The number of anilines is 1. The number of hydrogen-bond donors (Lipinski definition) is 1. The van der Waals surface area contributed by atoms with E-state index in [0.717, 1.165) is 56.3 Å². The van der Waals surface area contributed by atoms with Crippen molar-refractivity contribution in [3.63, 3.8) is 0 Å². The summed E-state index contributed by atoms with van der Waals surface area (Å²) in [5.41, 5.74) is 2.27. The summed E-state index contributed by atoms with van der Waals surface area (Å²) in [6, 6.07) is 13.4. The third kappa shape index (κ3) is 7.11. The third-order valence-corrected chi connectivity index (χ3v) is 7.99. The number of carbonyl (C=O) groups is 1. The van der Waals surface area contributed by atoms with Crippen LogP contribution in [0.15, 0.2) is 61.1 Å². The lowest BCUT2D eigenvalue weighted by Gasteiger charge is -2.33. The average Bonchev–Trinajstić information content (AvgIpc) is 3.35. The topological polar surface area (TPSA) is 66.3 Å². The van der Waals surface area contributed by atoms with Crippen molar-refractivity contribution in [1.82, 2.24) is 24.3 Å². The number of nitrogens with zero attached hydrogens (tertiary/aromatic N) is 5. The van der Waals surface area contributed by atoms with E-state index >= 15 is 0 Å². The number of imidazole rings is 1. The van der Waals surface area contributed by atoms with Crippen LogP contribution in [-0.2, 0) is 23.9 Å². The quantitative estimate of drug-likeness (QED) is 0.260. The lowest BCUT2D eigenvalue weighted by molar-refractivity contribution is -0.138. The monoisotopic (exact) mass is 598 g/mol. The van der Waals surface area contributed by atoms with Crippen LogP contribution in [0.3, 0.4) is 0 Å². The Morgan fingerprint density at radius 2 is 1.74 bits per heavy atom. The summed E-state index contributed by atoms with van der Waals surface area (Å²) in [7, 11) is 0. The van der Waals surface area contributed by atoms with Crippen molar-refractivity contribution in [2.45, 2.75) is 51.9 Å². The summed E-state index contributed by atoms with van der Waals surface area (Å²) in [5.74, 6) is -0.459. The molecular weight excluding hydrogens is 565 g/mol. The number of nitrogens with one attached hydrogen (secondary N) is 1. The minimum atomic E-state index is -4.54. The Hall–Kier alpha value is -3.47. The van der Waals surface area contributed by atoms with Gasteiger partial charge in [-0.2, -0.15) is 13.2 Å². The van der Waals surface area contributed by atoms with Crippen molar-refractivity contribution in [3.8, 4) is 5.69 Å². The van der Waals surface area contributed by atoms with Crippen LogP contribution in [0.5, 0.6) is 0 Å². The molecule has 4 aromatic rings. The highest BCUT2D eigenvalue weighted by Crippen LogP contribution is 2.35. The predicted molar refractivity (Wildman–Crippen MR) is 159 cm³/mol. The Kier molecular flexibility index (Phi) is 9.15. The highest BCUT2D eigenvalue weighted by atomic mass is 35.5. The normalized spacial score (nSPS) is 15.6. The summed E-state index contributed by atoms with van der Waals surface area (Å²) < 4.78 is 44.1. The van der Waals surface area contributed by atoms with E-state index in [0.29, 0.717) is 22.3 Å². The lowest BCUT2D eigenvalue weighted by Crippen LogP contribution is -2.39. The van der Waals surface area contributed by atoms with Crippen LogP contribution in [0.25, 0.3) is 16.9 Å². The molecule has 0 radical (unpaired) electrons. The fraction of sp³-hybridized carbons (Fsp3) is 0.387. The zero-order valence-corrected chi connectivity index (χ0v) is 24.4. The van der Waals surface area contributed by atoms with Gasteiger partial charge in [0.25, 0.3) is 0 Å². The van der Waals surface area contributed by atoms with Gasteiger partial charge in [0, 0.05) is 29.5 Å². The van der Waals surface area contributed by atoms with Gasteiger partial charge in [0.05, 0.1) is 17.7 Å². The molecule has 0 aliphatic carbocycles. The van der Waals surface area contributed by atoms with Crippen molar-refractivity contribution < 1.29 is 18.0 Å². The number of pyridine rings is 1. The maximum Gasteiger partial charge on any atom is 0.416 e. The smallest absolute Gasteiger partial charge is 0.326 e. The molecular formula is C31H34ClF3N6O. The van der Waals surface area contributed by atoms with Gasteiger partial charge in [0.1, 0.15) is 11.8 Å². The second-order valence-corrected chi connectivity index (χ2v) is 11.4. The van der Waals surface area contributed by atoms with Crippen molar-refractivity contribution in [1.29, 1.82) is 0 Å². The second kappa shape index (κ2) is 12.8. The van der Waals surface area contributed by atoms with Gasteiger partial charge in [0.2, 0.25) is 5.91 Å². The molecule has 0 saturated carbocycles. The molecule has 1 fully saturated rings. The Balaban J connectivity index is 1.25. The van der Waals surface area contributed by atoms with E-state index in [1.165, 1.54) is 12.1 Å². The van der Waals surface area contributed by atoms with E-state index < -0.39 is 17.6 Å². The number of hydrogen-bond acceptors (Lipinski definition) is 5. The number of fused-ring (bicyclic) bond motifs is 1. The van der Waals surface area contributed by atoms with Gasteiger partial charge in [-0.3, -0.25) is 14.3 Å². The van der Waals surface area contributed by atoms with Gasteiger partial charge in [-0.05, 0) is 100 Å². The fourth-order valence-corrected chi connectivity index (χ4v) is 5.68. The molecule has 0 bridgehead atoms. The first-order valence-corrected chi connectivity index (χ1v) is 14.5. The summed E-state index contributed by atoms with van der Waals surface area (Å²) in [5, 5.41) is 2.98. The lowest BCUT2D eigenvalue weighted by atomic mass is 10.0. The number of rotatable bonds is 7. The first kappa shape index (κ1) is 30.0. The van der Waals surface area contributed by atoms with Crippen LogP contribution in [0.1, 0.15) is 43.4 Å². The maximum atomic E-state index is 14.1. The molecule has 222 valence electrons. The second-order valence-electron chi connectivity index (χ2n) is 10.9. The summed E-state index contributed by atoms with van der Waals surface area (Å²) in [6.45, 7) is 7.92. The van der Waals surface area contributed by atoms with Crippen molar-refractivity contribution in [3.05, 3.63) is 82.8 Å². The van der Waals surface area contributed by atoms with Crippen molar-refractivity contribution in [2.24, 2.45) is 0 Å². The standard InChI is InChI=1S/C31H34ClF3N6O/c1-21(2)40-14-4-12-39(13-5-15-40)19-23-7-9-24(17-26(23)31(33,34)35)38-29(42)16-22-8-10-25(18-27(22)32)41-20-37-28-6-3-11-36-30(28)41/h3,6-11,17-18,20-21H,4-5,12-16,19H2,1-2H3,(H,38,42). The number of halogens is 4. The van der Waals surface area contributed by atoms with Crippen LogP contribution >= 0.6 is 11.6 Å². The van der Waals surface area contributed by atoms with Crippen LogP contribution < -0.4 is 5.32 Å². The molecule has 2 aromatic carbocycles. The SMILES string of the molecule is CC(C)N1CCCN(Cc2ccc(NC(=O)Cc3ccc(-n4cnc5cccnc54)cc3Cl)cc2C(F)(F)F)CCC1. The molecule has 11 heteroatoms. The minimum Gasteiger partial charge on any atom is -0.326 e. The van der Waals surface area contributed by atoms with Crippen LogP contribution in [-0.4, -0.2) is 62.5 Å². The minimum absolute atomic E-state index is 0.0910. The van der Waals surface area contributed by atoms with E-state index in [4.69, 9.17) is 11.6 Å². The molecule has 5 rings (SSSR count). The van der Waals surface area contributed by atoms with Crippen molar-refractivity contribution in [2.75, 3.05) is 31.5 Å². The third-order valence-electron chi connectivity index (χ3n) is 7.63. The maximum absolute atomic E-state index is 14.1. The molecule has 1 amide bonds. The molecule has 42 heavy (non-hydrogen) atoms. The van der Waals surface area contributed by atoms with E-state index in [1.807, 2.05) is 6.07 Å². The zero-order valence-electron chi connectivity index (χ0n) is 23.7. The molecule has 1 aliphatic heterocycles. The van der Waals surface area contributed by atoms with Crippen LogP contribution in [0.4, 0.5) is 18.9 Å². The number of amides is 1.